The van der Waals surface area contributed by atoms with Crippen LogP contribution in [0.15, 0.2) is 0 Å². The maximum absolute atomic E-state index is 11.0. The number of amides is 1. The highest BCUT2D eigenvalue weighted by Crippen LogP contribution is 2.25. The van der Waals surface area contributed by atoms with Crippen molar-refractivity contribution in [1.82, 2.24) is 5.32 Å². The summed E-state index contributed by atoms with van der Waals surface area (Å²) < 4.78 is -1.96. The molecule has 0 aromatic carbocycles. The first kappa shape index (κ1) is 15.8. The number of hydrogen-bond donors (Lipinski definition) is 3. The van der Waals surface area contributed by atoms with Crippen molar-refractivity contribution in [2.24, 2.45) is 5.73 Å². The van der Waals surface area contributed by atoms with Crippen molar-refractivity contribution in [3.63, 3.8) is 0 Å². The molecule has 0 saturated carbocycles. The molecule has 0 aromatic rings. The molecule has 4 N–H and O–H groups in total. The minimum Gasteiger partial charge on any atom is -0.480 e. The van der Waals surface area contributed by atoms with Crippen LogP contribution in [0.1, 0.15) is 19.3 Å². The van der Waals surface area contributed by atoms with Crippen molar-refractivity contribution < 1.29 is 14.7 Å². The highest BCUT2D eigenvalue weighted by molar-refractivity contribution is 6.76. The number of carbonyl (C=O) groups is 2. The molecule has 0 bridgehead atoms. The molecular formula is C8H13Cl3N2O3. The molecule has 8 heteroatoms. The molecule has 0 rings (SSSR count). The van der Waals surface area contributed by atoms with E-state index in [-0.39, 0.29) is 0 Å². The molecule has 0 aliphatic rings. The quantitative estimate of drug-likeness (QED) is 0.504. The van der Waals surface area contributed by atoms with Crippen LogP contribution in [0.3, 0.4) is 0 Å². The largest absolute Gasteiger partial charge is 0.480 e. The number of nitrogens with two attached hydrogens (primary N) is 1. The van der Waals surface area contributed by atoms with E-state index in [4.69, 9.17) is 45.6 Å². The fraction of sp³-hybridized carbons (Fsp3) is 0.750. The predicted octanol–water partition coefficient (Wildman–Crippen LogP) is 1.05. The smallest absolute Gasteiger partial charge is 0.320 e. The number of halogens is 3. The molecule has 0 aliphatic heterocycles. The van der Waals surface area contributed by atoms with Gasteiger partial charge in [0.05, 0.1) is 0 Å². The summed E-state index contributed by atoms with van der Waals surface area (Å²) in [4.78, 5) is 21.4. The summed E-state index contributed by atoms with van der Waals surface area (Å²) in [5.41, 5.74) is 5.28. The van der Waals surface area contributed by atoms with Crippen LogP contribution in [0.5, 0.6) is 0 Å². The van der Waals surface area contributed by atoms with Crippen molar-refractivity contribution in [2.45, 2.75) is 29.1 Å². The molecule has 16 heavy (non-hydrogen) atoms. The lowest BCUT2D eigenvalue weighted by Crippen LogP contribution is -2.35. The number of unbranched alkanes of at least 4 members (excludes halogenated alkanes) is 1. The van der Waals surface area contributed by atoms with E-state index in [9.17, 15) is 9.59 Å². The summed E-state index contributed by atoms with van der Waals surface area (Å²) in [6, 6.07) is -0.871. The maximum atomic E-state index is 11.0. The Kier molecular flexibility index (Phi) is 7.06. The van der Waals surface area contributed by atoms with Crippen LogP contribution in [0.25, 0.3) is 0 Å². The molecule has 0 saturated heterocycles. The van der Waals surface area contributed by atoms with E-state index >= 15 is 0 Å². The highest BCUT2D eigenvalue weighted by Gasteiger charge is 2.29. The van der Waals surface area contributed by atoms with Crippen LogP contribution in [-0.4, -0.2) is 33.4 Å². The average molecular weight is 292 g/mol. The van der Waals surface area contributed by atoms with Gasteiger partial charge in [-0.2, -0.15) is 0 Å². The third-order valence-electron chi connectivity index (χ3n) is 1.80. The Balaban J connectivity index is 3.55. The second-order valence-electron chi connectivity index (χ2n) is 3.19. The summed E-state index contributed by atoms with van der Waals surface area (Å²) in [5, 5.41) is 10.9. The van der Waals surface area contributed by atoms with E-state index in [1.165, 1.54) is 0 Å². The first-order valence-corrected chi connectivity index (χ1v) is 5.72. The molecule has 1 amide bonds. The number of alkyl halides is 3. The zero-order valence-electron chi connectivity index (χ0n) is 8.38. The van der Waals surface area contributed by atoms with E-state index in [0.717, 1.165) is 0 Å². The second kappa shape index (κ2) is 7.17. The third kappa shape index (κ3) is 7.11. The molecule has 0 fully saturated rings. The predicted molar refractivity (Wildman–Crippen MR) is 62.8 cm³/mol. The Morgan fingerprint density at radius 3 is 2.31 bits per heavy atom. The number of carbonyl (C=O) groups excluding carboxylic acids is 1. The minimum atomic E-state index is -1.96. The molecule has 0 unspecified atom stereocenters. The standard InChI is InChI=1S/C8H13Cl3N2O3/c9-8(10,11)7(16)13-4-2-1-3-5(12)6(14)15/h5H,1-4,12H2,(H,13,16)(H,14,15)/t5-/m0/s1. The van der Waals surface area contributed by atoms with Gasteiger partial charge in [-0.25, -0.2) is 0 Å². The normalized spacial score (nSPS) is 13.2. The summed E-state index contributed by atoms with van der Waals surface area (Å²) in [6.07, 6.45) is 1.50. The van der Waals surface area contributed by atoms with E-state index in [0.29, 0.717) is 25.8 Å². The molecule has 0 aromatic heterocycles. The number of rotatable bonds is 6. The lowest BCUT2D eigenvalue weighted by atomic mass is 10.1. The van der Waals surface area contributed by atoms with Crippen molar-refractivity contribution in [1.29, 1.82) is 0 Å². The zero-order chi connectivity index (χ0) is 12.8. The number of hydrogen-bond acceptors (Lipinski definition) is 3. The molecule has 0 radical (unpaired) electrons. The van der Waals surface area contributed by atoms with Crippen LogP contribution in [0, 0.1) is 0 Å². The van der Waals surface area contributed by atoms with Gasteiger partial charge in [0, 0.05) is 6.54 Å². The van der Waals surface area contributed by atoms with Gasteiger partial charge in [0.15, 0.2) is 0 Å². The van der Waals surface area contributed by atoms with Gasteiger partial charge in [0.25, 0.3) is 9.70 Å². The van der Waals surface area contributed by atoms with E-state index in [2.05, 4.69) is 5.32 Å². The number of nitrogens with one attached hydrogen (secondary N) is 1. The summed E-state index contributed by atoms with van der Waals surface area (Å²) in [7, 11) is 0. The molecule has 0 spiro atoms. The molecule has 5 nitrogen and oxygen atoms in total. The molecule has 0 aliphatic carbocycles. The van der Waals surface area contributed by atoms with Gasteiger partial charge in [0.1, 0.15) is 6.04 Å². The first-order valence-electron chi connectivity index (χ1n) is 4.58. The monoisotopic (exact) mass is 290 g/mol. The fourth-order valence-corrected chi connectivity index (χ4v) is 1.12. The Morgan fingerprint density at radius 1 is 1.31 bits per heavy atom. The number of carboxylic acid groups (broad SMARTS) is 1. The van der Waals surface area contributed by atoms with Crippen LogP contribution >= 0.6 is 34.8 Å². The molecule has 94 valence electrons. The van der Waals surface area contributed by atoms with Crippen LogP contribution < -0.4 is 11.1 Å². The lowest BCUT2D eigenvalue weighted by Gasteiger charge is -2.11. The van der Waals surface area contributed by atoms with Gasteiger partial charge in [-0.3, -0.25) is 9.59 Å². The Morgan fingerprint density at radius 2 is 1.88 bits per heavy atom. The Hall–Kier alpha value is -0.230. The second-order valence-corrected chi connectivity index (χ2v) is 5.48. The molecular weight excluding hydrogens is 278 g/mol. The van der Waals surface area contributed by atoms with E-state index in [1.807, 2.05) is 0 Å². The topological polar surface area (TPSA) is 92.4 Å². The maximum Gasteiger partial charge on any atom is 0.320 e. The number of carboxylic acids is 1. The van der Waals surface area contributed by atoms with Gasteiger partial charge in [-0.15, -0.1) is 0 Å². The third-order valence-corrected chi connectivity index (χ3v) is 2.32. The Labute approximate surface area is 108 Å². The first-order chi connectivity index (χ1) is 7.25. The van der Waals surface area contributed by atoms with Gasteiger partial charge in [-0.05, 0) is 19.3 Å². The highest BCUT2D eigenvalue weighted by atomic mass is 35.6. The van der Waals surface area contributed by atoms with Crippen molar-refractivity contribution in [2.75, 3.05) is 6.54 Å². The summed E-state index contributed by atoms with van der Waals surface area (Å²) in [6.45, 7) is 0.319. The van der Waals surface area contributed by atoms with Crippen LogP contribution in [-0.2, 0) is 9.59 Å². The summed E-state index contributed by atoms with van der Waals surface area (Å²) in [5.74, 6) is -1.73. The van der Waals surface area contributed by atoms with E-state index < -0.39 is 21.7 Å². The van der Waals surface area contributed by atoms with E-state index in [1.54, 1.807) is 0 Å². The summed E-state index contributed by atoms with van der Waals surface area (Å²) >= 11 is 15.9. The van der Waals surface area contributed by atoms with Crippen molar-refractivity contribution in [3.8, 4) is 0 Å². The fourth-order valence-electron chi connectivity index (χ4n) is 0.915. The average Bonchev–Trinajstić information content (AvgIpc) is 2.14. The lowest BCUT2D eigenvalue weighted by molar-refractivity contribution is -0.138. The SMILES string of the molecule is N[C@@H](CCCCNC(=O)C(Cl)(Cl)Cl)C(=O)O. The Bertz CT molecular complexity index is 255. The van der Waals surface area contributed by atoms with Gasteiger partial charge < -0.3 is 16.2 Å². The molecule has 1 atom stereocenters. The van der Waals surface area contributed by atoms with Gasteiger partial charge in [-0.1, -0.05) is 34.8 Å². The van der Waals surface area contributed by atoms with Crippen LogP contribution in [0.4, 0.5) is 0 Å². The molecule has 0 heterocycles. The van der Waals surface area contributed by atoms with Gasteiger partial charge in [0.2, 0.25) is 0 Å². The van der Waals surface area contributed by atoms with Gasteiger partial charge >= 0.3 is 5.97 Å². The van der Waals surface area contributed by atoms with Crippen molar-refractivity contribution >= 4 is 46.7 Å². The zero-order valence-corrected chi connectivity index (χ0v) is 10.6. The van der Waals surface area contributed by atoms with Crippen LogP contribution in [0.2, 0.25) is 0 Å². The van der Waals surface area contributed by atoms with Crippen molar-refractivity contribution in [3.05, 3.63) is 0 Å². The minimum absolute atomic E-state index is 0.319. The number of aliphatic carboxylic acids is 1.